The Bertz CT molecular complexity index is 57.1. The Labute approximate surface area is 79.3 Å². The van der Waals surface area contributed by atoms with Crippen LogP contribution in [0.15, 0.2) is 0 Å². The summed E-state index contributed by atoms with van der Waals surface area (Å²) in [6, 6.07) is 0. The molecule has 0 heterocycles. The maximum atomic E-state index is 2.32. The van der Waals surface area contributed by atoms with E-state index in [-0.39, 0.29) is 11.0 Å². The van der Waals surface area contributed by atoms with Gasteiger partial charge < -0.3 is 11.0 Å². The molecule has 3 heteroatoms. The molecular weight excluding hydrogens is 176 g/mol. The molecule has 68 valence electrons. The van der Waals surface area contributed by atoms with E-state index in [2.05, 4.69) is 27.7 Å². The van der Waals surface area contributed by atoms with E-state index in [1.54, 1.807) is 0 Å². The first-order chi connectivity index (χ1) is 4.13. The Morgan fingerprint density at radius 1 is 0.818 bits per heavy atom. The Hall–Kier alpha value is 0.634. The van der Waals surface area contributed by atoms with Gasteiger partial charge in [0.05, 0.1) is 0 Å². The van der Waals surface area contributed by atoms with Crippen LogP contribution in [-0.2, 0) is 19.2 Å². The summed E-state index contributed by atoms with van der Waals surface area (Å²) in [6.45, 7) is 9.29. The van der Waals surface area contributed by atoms with E-state index in [9.17, 15) is 0 Å². The van der Waals surface area contributed by atoms with Crippen LogP contribution in [0.4, 0.5) is 0 Å². The molecule has 11 heavy (non-hydrogen) atoms. The third kappa shape index (κ3) is 18.0. The maximum absolute atomic E-state index is 2.32. The zero-order chi connectivity index (χ0) is 7.28. The predicted molar refractivity (Wildman–Crippen MR) is 43.2 cm³/mol. The Kier molecular flexibility index (Phi) is 17.1. The van der Waals surface area contributed by atoms with Crippen molar-refractivity contribution in [3.63, 3.8) is 0 Å². The molecule has 0 aromatic rings. The van der Waals surface area contributed by atoms with Crippen molar-refractivity contribution in [2.75, 3.05) is 0 Å². The molecule has 0 rings (SSSR count). The number of hydrogen-bond acceptors (Lipinski definition) is 2. The van der Waals surface area contributed by atoms with Crippen LogP contribution in [0.25, 0.3) is 0 Å². The summed E-state index contributed by atoms with van der Waals surface area (Å²) in [5.74, 6) is 1.90. The van der Waals surface area contributed by atoms with Gasteiger partial charge in [-0.25, -0.2) is 0 Å². The summed E-state index contributed by atoms with van der Waals surface area (Å²) in [5.41, 5.74) is 0. The molecule has 0 unspecified atom stereocenters. The molecule has 0 atom stereocenters. The molecule has 0 bridgehead atoms. The van der Waals surface area contributed by atoms with Crippen LogP contribution in [0.3, 0.4) is 0 Å². The van der Waals surface area contributed by atoms with Crippen LogP contribution < -0.4 is 0 Å². The largest absolute Gasteiger partial charge is 0.870 e. The second-order valence-electron chi connectivity index (χ2n) is 3.45. The predicted octanol–water partition coefficient (Wildman–Crippen LogP) is 2.86. The average molecular weight is 196 g/mol. The van der Waals surface area contributed by atoms with Crippen LogP contribution >= 0.6 is 0 Å². The first kappa shape index (κ1) is 17.6. The van der Waals surface area contributed by atoms with Crippen LogP contribution in [0, 0.1) is 11.8 Å². The quantitative estimate of drug-likeness (QED) is 0.649. The number of rotatable bonds is 4. The summed E-state index contributed by atoms with van der Waals surface area (Å²) >= 11 is 0.426. The zero-order valence-corrected chi connectivity index (χ0v) is 9.52. The third-order valence-corrected chi connectivity index (χ3v) is 4.56. The second kappa shape index (κ2) is 10.6. The van der Waals surface area contributed by atoms with Gasteiger partial charge in [0.25, 0.3) is 0 Å². The van der Waals surface area contributed by atoms with Gasteiger partial charge in [-0.2, -0.15) is 0 Å². The van der Waals surface area contributed by atoms with Crippen molar-refractivity contribution in [2.45, 2.75) is 37.1 Å². The van der Waals surface area contributed by atoms with Crippen molar-refractivity contribution < 1.29 is 30.1 Å². The summed E-state index contributed by atoms with van der Waals surface area (Å²) in [7, 11) is 0. The zero-order valence-electron chi connectivity index (χ0n) is 7.96. The molecule has 0 aromatic heterocycles. The van der Waals surface area contributed by atoms with Gasteiger partial charge in [0.1, 0.15) is 0 Å². The summed E-state index contributed by atoms with van der Waals surface area (Å²) in [4.78, 5) is 0. The minimum Gasteiger partial charge on any atom is -0.870 e. The van der Waals surface area contributed by atoms with Gasteiger partial charge in [0.15, 0.2) is 0 Å². The molecule has 0 radical (unpaired) electrons. The van der Waals surface area contributed by atoms with Gasteiger partial charge in [-0.1, -0.05) is 0 Å². The van der Waals surface area contributed by atoms with Crippen molar-refractivity contribution in [3.05, 3.63) is 0 Å². The fraction of sp³-hybridized carbons (Fsp3) is 1.00. The van der Waals surface area contributed by atoms with E-state index < -0.39 is 0 Å². The number of hydrogen-bond donors (Lipinski definition) is 0. The van der Waals surface area contributed by atoms with Gasteiger partial charge in [-0.05, 0) is 0 Å². The molecule has 0 saturated heterocycles. The fourth-order valence-corrected chi connectivity index (χ4v) is 2.72. The molecule has 0 spiro atoms. The summed E-state index contributed by atoms with van der Waals surface area (Å²) in [5, 5.41) is 0. The van der Waals surface area contributed by atoms with Gasteiger partial charge in [0.2, 0.25) is 0 Å². The van der Waals surface area contributed by atoms with Gasteiger partial charge in [-0.3, -0.25) is 0 Å². The van der Waals surface area contributed by atoms with Gasteiger partial charge in [0, 0.05) is 0 Å². The van der Waals surface area contributed by atoms with E-state index in [4.69, 9.17) is 0 Å². The smallest absolute Gasteiger partial charge is 0.870 e. The Morgan fingerprint density at radius 2 is 1.09 bits per heavy atom. The topological polar surface area (TPSA) is 60.0 Å². The monoisotopic (exact) mass is 196 g/mol. The molecule has 0 aliphatic rings. The van der Waals surface area contributed by atoms with E-state index in [1.165, 1.54) is 9.45 Å². The molecule has 0 amide bonds. The second-order valence-corrected chi connectivity index (χ2v) is 5.50. The molecule has 0 aliphatic carbocycles. The Morgan fingerprint density at radius 3 is 1.27 bits per heavy atom. The summed E-state index contributed by atoms with van der Waals surface area (Å²) < 4.78 is 3.05. The van der Waals surface area contributed by atoms with Crippen LogP contribution in [0.5, 0.6) is 0 Å². The van der Waals surface area contributed by atoms with Crippen molar-refractivity contribution in [1.29, 1.82) is 0 Å². The van der Waals surface area contributed by atoms with Crippen LogP contribution in [-0.4, -0.2) is 11.0 Å². The average Bonchev–Trinajstić information content (AvgIpc) is 1.63. The van der Waals surface area contributed by atoms with Crippen LogP contribution in [0.2, 0.25) is 9.45 Å². The first-order valence-corrected chi connectivity index (χ1v) is 6.04. The standard InChI is InChI=1S/2C4H9.2H2O.Ti/c2*1-4(2)3;;;/h2*4H,1H2,2-3H3;2*1H2;/q;;;;+2/p-2. The van der Waals surface area contributed by atoms with E-state index in [1.807, 2.05) is 0 Å². The van der Waals surface area contributed by atoms with Gasteiger partial charge >= 0.3 is 68.1 Å². The van der Waals surface area contributed by atoms with Crippen molar-refractivity contribution >= 4 is 0 Å². The minimum absolute atomic E-state index is 0. The summed E-state index contributed by atoms with van der Waals surface area (Å²) in [6.07, 6.45) is 0. The molecule has 0 aliphatic heterocycles. The minimum atomic E-state index is 0. The molecular formula is C8H20O2Ti. The molecule has 0 aromatic carbocycles. The molecule has 2 nitrogen and oxygen atoms in total. The maximum Gasteiger partial charge on any atom is -0.870 e. The first-order valence-electron chi connectivity index (χ1n) is 3.83. The van der Waals surface area contributed by atoms with E-state index in [0.717, 1.165) is 11.8 Å². The fourth-order valence-electron chi connectivity index (χ4n) is 0.661. The molecule has 0 fully saturated rings. The van der Waals surface area contributed by atoms with Crippen molar-refractivity contribution in [3.8, 4) is 0 Å². The van der Waals surface area contributed by atoms with E-state index in [0.29, 0.717) is 19.2 Å². The SMILES string of the molecule is CC(C)[CH2][Ti+2][CH2]C(C)C.[OH-].[OH-]. The third-order valence-electron chi connectivity index (χ3n) is 1.11. The normalized spacial score (nSPS) is 8.55. The van der Waals surface area contributed by atoms with E-state index >= 15 is 0 Å². The Balaban J connectivity index is -0.000000320. The van der Waals surface area contributed by atoms with Crippen molar-refractivity contribution in [2.24, 2.45) is 11.8 Å². The molecule has 0 saturated carbocycles. The van der Waals surface area contributed by atoms with Crippen molar-refractivity contribution in [1.82, 2.24) is 0 Å². The van der Waals surface area contributed by atoms with Gasteiger partial charge in [-0.15, -0.1) is 0 Å². The molecule has 2 N–H and O–H groups in total. The van der Waals surface area contributed by atoms with Crippen LogP contribution in [0.1, 0.15) is 27.7 Å².